The van der Waals surface area contributed by atoms with Crippen LogP contribution in [0.2, 0.25) is 0 Å². The lowest BCUT2D eigenvalue weighted by Crippen LogP contribution is -2.17. The molecule has 1 aliphatic heterocycles. The summed E-state index contributed by atoms with van der Waals surface area (Å²) in [5.74, 6) is 1.67. The predicted octanol–water partition coefficient (Wildman–Crippen LogP) is 8.83. The van der Waals surface area contributed by atoms with E-state index in [4.69, 9.17) is 9.41 Å². The lowest BCUT2D eigenvalue weighted by Gasteiger charge is -2.24. The number of aliphatic imine (C=N–C) groups is 1. The van der Waals surface area contributed by atoms with Crippen LogP contribution in [-0.4, -0.2) is 12.4 Å². The summed E-state index contributed by atoms with van der Waals surface area (Å²) in [6.45, 7) is 14.2. The van der Waals surface area contributed by atoms with Gasteiger partial charge in [0.15, 0.2) is 0 Å². The Morgan fingerprint density at radius 3 is 2.63 bits per heavy atom. The van der Waals surface area contributed by atoms with E-state index in [1.54, 1.807) is 0 Å². The van der Waals surface area contributed by atoms with E-state index >= 15 is 0 Å². The first-order valence-electron chi connectivity index (χ1n) is 12.5. The molecule has 4 heteroatoms. The monoisotopic (exact) mass is 480 g/mol. The fourth-order valence-corrected chi connectivity index (χ4v) is 6.72. The molecule has 1 N–H and O–H groups in total. The van der Waals surface area contributed by atoms with Gasteiger partial charge >= 0.3 is 0 Å². The van der Waals surface area contributed by atoms with E-state index < -0.39 is 0 Å². The Balaban J connectivity index is 1.59. The summed E-state index contributed by atoms with van der Waals surface area (Å²) >= 11 is 1.84. The summed E-state index contributed by atoms with van der Waals surface area (Å²) in [6.07, 6.45) is 0.963. The first-order chi connectivity index (χ1) is 16.7. The normalized spacial score (nSPS) is 14.1. The number of anilines is 1. The second kappa shape index (κ2) is 7.96. The predicted molar refractivity (Wildman–Crippen MR) is 152 cm³/mol. The van der Waals surface area contributed by atoms with Crippen LogP contribution in [0.5, 0.6) is 0 Å². The minimum Gasteiger partial charge on any atom is -0.461 e. The van der Waals surface area contributed by atoms with Gasteiger partial charge in [-0.15, -0.1) is 11.3 Å². The molecule has 6 rings (SSSR count). The van der Waals surface area contributed by atoms with Crippen molar-refractivity contribution < 1.29 is 4.42 Å². The van der Waals surface area contributed by atoms with Crippen LogP contribution in [0.3, 0.4) is 0 Å². The van der Waals surface area contributed by atoms with Gasteiger partial charge in [0.1, 0.15) is 23.0 Å². The van der Waals surface area contributed by atoms with Gasteiger partial charge < -0.3 is 9.73 Å². The number of fused-ring (bicyclic) bond motifs is 6. The Labute approximate surface area is 210 Å². The van der Waals surface area contributed by atoms with E-state index in [9.17, 15) is 0 Å². The molecule has 2 aromatic heterocycles. The maximum atomic E-state index is 6.32. The van der Waals surface area contributed by atoms with Gasteiger partial charge in [0.25, 0.3) is 0 Å². The van der Waals surface area contributed by atoms with E-state index in [1.165, 1.54) is 53.5 Å². The van der Waals surface area contributed by atoms with Crippen LogP contribution in [0.15, 0.2) is 57.9 Å². The highest BCUT2D eigenvalue weighted by Crippen LogP contribution is 2.45. The number of hydrogen-bond acceptors (Lipinski definition) is 4. The summed E-state index contributed by atoms with van der Waals surface area (Å²) in [5.41, 5.74) is 7.17. The van der Waals surface area contributed by atoms with Crippen LogP contribution in [0, 0.1) is 12.8 Å². The van der Waals surface area contributed by atoms with Gasteiger partial charge in [0, 0.05) is 33.0 Å². The smallest absolute Gasteiger partial charge is 0.136 e. The Morgan fingerprint density at radius 2 is 1.86 bits per heavy atom. The first kappa shape index (κ1) is 22.4. The van der Waals surface area contributed by atoms with Crippen molar-refractivity contribution in [2.24, 2.45) is 10.9 Å². The zero-order valence-electron chi connectivity index (χ0n) is 21.4. The first-order valence-corrected chi connectivity index (χ1v) is 13.3. The molecule has 0 amide bonds. The fraction of sp³-hybridized carbons (Fsp3) is 0.323. The van der Waals surface area contributed by atoms with Gasteiger partial charge in [-0.2, -0.15) is 0 Å². The molecule has 5 aromatic rings. The Kier molecular flexibility index (Phi) is 5.08. The standard InChI is InChI=1S/C31H32N2OS/c1-17(2)13-25-18(3)26-24(34-25)12-11-22-27-28(32-16-33-30(27)35-29(22)26)20-14-19-9-7-8-10-21(19)23(15-20)31(4,5)6/h7-12,14-15,17,33H,13,16H2,1-6H3. The van der Waals surface area contributed by atoms with E-state index in [0.29, 0.717) is 12.6 Å². The van der Waals surface area contributed by atoms with Crippen molar-refractivity contribution in [3.63, 3.8) is 0 Å². The lowest BCUT2D eigenvalue weighted by molar-refractivity contribution is 0.496. The Bertz CT molecular complexity index is 1640. The zero-order chi connectivity index (χ0) is 24.5. The van der Waals surface area contributed by atoms with Crippen molar-refractivity contribution in [1.82, 2.24) is 0 Å². The summed E-state index contributed by atoms with van der Waals surface area (Å²) in [6, 6.07) is 17.8. The molecule has 0 bridgehead atoms. The lowest BCUT2D eigenvalue weighted by atomic mass is 9.81. The number of nitrogens with zero attached hydrogens (tertiary/aromatic N) is 1. The molecule has 3 nitrogen and oxygen atoms in total. The summed E-state index contributed by atoms with van der Waals surface area (Å²) in [7, 11) is 0. The van der Waals surface area contributed by atoms with Crippen LogP contribution in [-0.2, 0) is 11.8 Å². The summed E-state index contributed by atoms with van der Waals surface area (Å²) in [4.78, 5) is 5.03. The molecule has 0 atom stereocenters. The van der Waals surface area contributed by atoms with Gasteiger partial charge in [-0.3, -0.25) is 4.99 Å². The van der Waals surface area contributed by atoms with Gasteiger partial charge in [-0.25, -0.2) is 0 Å². The molecule has 0 unspecified atom stereocenters. The number of thiophene rings is 1. The molecule has 0 fully saturated rings. The molecule has 0 saturated heterocycles. The molecule has 35 heavy (non-hydrogen) atoms. The minimum atomic E-state index is 0.0372. The highest BCUT2D eigenvalue weighted by atomic mass is 32.1. The largest absolute Gasteiger partial charge is 0.461 e. The minimum absolute atomic E-state index is 0.0372. The molecule has 3 heterocycles. The molecule has 0 radical (unpaired) electrons. The third-order valence-electron chi connectivity index (χ3n) is 7.10. The van der Waals surface area contributed by atoms with Gasteiger partial charge in [-0.1, -0.05) is 58.9 Å². The SMILES string of the molecule is Cc1c(CC(C)C)oc2ccc3c4c(sc3c12)NCN=C4c1cc(C(C)(C)C)c2ccccc2c1. The second-order valence-electron chi connectivity index (χ2n) is 11.2. The van der Waals surface area contributed by atoms with E-state index in [2.05, 4.69) is 95.4 Å². The summed E-state index contributed by atoms with van der Waals surface area (Å²) < 4.78 is 7.61. The average Bonchev–Trinajstić information content (AvgIpc) is 3.34. The van der Waals surface area contributed by atoms with E-state index in [-0.39, 0.29) is 5.41 Å². The van der Waals surface area contributed by atoms with Crippen molar-refractivity contribution in [3.8, 4) is 0 Å². The average molecular weight is 481 g/mol. The quantitative estimate of drug-likeness (QED) is 0.280. The maximum absolute atomic E-state index is 6.32. The van der Waals surface area contributed by atoms with E-state index in [1.807, 2.05) is 11.3 Å². The van der Waals surface area contributed by atoms with Gasteiger partial charge in [-0.05, 0) is 64.4 Å². The molecule has 178 valence electrons. The van der Waals surface area contributed by atoms with Gasteiger partial charge in [0.05, 0.1) is 5.71 Å². The van der Waals surface area contributed by atoms with Crippen LogP contribution < -0.4 is 5.32 Å². The number of hydrogen-bond donors (Lipinski definition) is 1. The molecular formula is C31H32N2OS. The van der Waals surface area contributed by atoms with Crippen molar-refractivity contribution in [1.29, 1.82) is 0 Å². The summed E-state index contributed by atoms with van der Waals surface area (Å²) in [5, 5.41) is 9.86. The Morgan fingerprint density at radius 1 is 1.06 bits per heavy atom. The fourth-order valence-electron chi connectivity index (χ4n) is 5.43. The molecule has 3 aromatic carbocycles. The molecule has 0 spiro atoms. The second-order valence-corrected chi connectivity index (χ2v) is 12.2. The Hall–Kier alpha value is -3.11. The van der Waals surface area contributed by atoms with Crippen LogP contribution in [0.4, 0.5) is 5.00 Å². The van der Waals surface area contributed by atoms with Crippen LogP contribution >= 0.6 is 11.3 Å². The molecule has 0 saturated carbocycles. The number of benzene rings is 3. The van der Waals surface area contributed by atoms with Crippen molar-refractivity contribution in [3.05, 3.63) is 76.5 Å². The van der Waals surface area contributed by atoms with Crippen molar-refractivity contribution in [2.75, 3.05) is 12.0 Å². The third kappa shape index (κ3) is 3.58. The number of furan rings is 1. The number of rotatable bonds is 3. The molecule has 0 aliphatic carbocycles. The highest BCUT2D eigenvalue weighted by molar-refractivity contribution is 7.24. The number of aryl methyl sites for hydroxylation is 1. The van der Waals surface area contributed by atoms with Crippen LogP contribution in [0.25, 0.3) is 31.8 Å². The van der Waals surface area contributed by atoms with Gasteiger partial charge in [0.2, 0.25) is 0 Å². The van der Waals surface area contributed by atoms with E-state index in [0.717, 1.165) is 23.5 Å². The van der Waals surface area contributed by atoms with Crippen LogP contribution in [0.1, 0.15) is 62.6 Å². The third-order valence-corrected chi connectivity index (χ3v) is 8.28. The topological polar surface area (TPSA) is 37.5 Å². The molecular weight excluding hydrogens is 448 g/mol. The van der Waals surface area contributed by atoms with Crippen molar-refractivity contribution >= 4 is 53.9 Å². The zero-order valence-corrected chi connectivity index (χ0v) is 22.2. The molecule has 1 aliphatic rings. The van der Waals surface area contributed by atoms with Crippen molar-refractivity contribution in [2.45, 2.75) is 53.4 Å². The maximum Gasteiger partial charge on any atom is 0.136 e. The number of nitrogens with one attached hydrogen (secondary N) is 1. The highest BCUT2D eigenvalue weighted by Gasteiger charge is 2.26.